The number of aryl methyl sites for hydroxylation is 2. The number of nitrogens with zero attached hydrogens (tertiary/aromatic N) is 3. The van der Waals surface area contributed by atoms with Gasteiger partial charge in [-0.25, -0.2) is 0 Å². The standard InChI is InChI=1S/C17H22N4/c1-4-21-15(10-13(2)19-21)12-20-9-8-16-14(11-18-3)6-5-7-17(16)20/h5-10,18H,4,11-12H2,1-3H3. The maximum Gasteiger partial charge on any atom is 0.0645 e. The number of fused-ring (bicyclic) bond motifs is 1. The summed E-state index contributed by atoms with van der Waals surface area (Å²) in [7, 11) is 1.98. The zero-order valence-electron chi connectivity index (χ0n) is 12.9. The Kier molecular flexibility index (Phi) is 3.80. The molecule has 0 unspecified atom stereocenters. The summed E-state index contributed by atoms with van der Waals surface area (Å²) in [5.41, 5.74) is 4.96. The van der Waals surface area contributed by atoms with Crippen molar-refractivity contribution < 1.29 is 0 Å². The molecule has 0 saturated heterocycles. The van der Waals surface area contributed by atoms with E-state index in [-0.39, 0.29) is 0 Å². The maximum atomic E-state index is 4.53. The highest BCUT2D eigenvalue weighted by molar-refractivity contribution is 5.83. The Morgan fingerprint density at radius 1 is 1.24 bits per heavy atom. The Morgan fingerprint density at radius 3 is 2.86 bits per heavy atom. The van der Waals surface area contributed by atoms with E-state index in [1.165, 1.54) is 22.2 Å². The van der Waals surface area contributed by atoms with Gasteiger partial charge >= 0.3 is 0 Å². The second-order valence-electron chi connectivity index (χ2n) is 5.42. The van der Waals surface area contributed by atoms with Gasteiger partial charge in [0.1, 0.15) is 0 Å². The first-order chi connectivity index (χ1) is 10.2. The van der Waals surface area contributed by atoms with Crippen LogP contribution in [0.15, 0.2) is 36.5 Å². The average molecular weight is 282 g/mol. The Morgan fingerprint density at radius 2 is 2.10 bits per heavy atom. The minimum absolute atomic E-state index is 0.862. The number of aromatic nitrogens is 3. The number of rotatable bonds is 5. The fourth-order valence-corrected chi connectivity index (χ4v) is 2.94. The van der Waals surface area contributed by atoms with Crippen molar-refractivity contribution >= 4 is 10.9 Å². The molecule has 3 aromatic rings. The Balaban J connectivity index is 1.99. The summed E-state index contributed by atoms with van der Waals surface area (Å²) in [6, 6.07) is 10.9. The van der Waals surface area contributed by atoms with Gasteiger partial charge in [-0.3, -0.25) is 4.68 Å². The highest BCUT2D eigenvalue weighted by atomic mass is 15.3. The van der Waals surface area contributed by atoms with Crippen molar-refractivity contribution in [3.63, 3.8) is 0 Å². The summed E-state index contributed by atoms with van der Waals surface area (Å²) in [6.45, 7) is 6.85. The minimum Gasteiger partial charge on any atom is -0.341 e. The average Bonchev–Trinajstić information content (AvgIpc) is 3.04. The lowest BCUT2D eigenvalue weighted by Crippen LogP contribution is -2.07. The van der Waals surface area contributed by atoms with Gasteiger partial charge in [-0.15, -0.1) is 0 Å². The molecule has 2 heterocycles. The summed E-state index contributed by atoms with van der Waals surface area (Å²) in [5.74, 6) is 0. The van der Waals surface area contributed by atoms with E-state index in [1.807, 2.05) is 7.05 Å². The summed E-state index contributed by atoms with van der Waals surface area (Å²) in [6.07, 6.45) is 2.17. The van der Waals surface area contributed by atoms with Gasteiger partial charge in [0.2, 0.25) is 0 Å². The summed E-state index contributed by atoms with van der Waals surface area (Å²) in [5, 5.41) is 9.09. The topological polar surface area (TPSA) is 34.8 Å². The Labute approximate surface area is 125 Å². The molecule has 0 aliphatic carbocycles. The molecule has 4 heteroatoms. The van der Waals surface area contributed by atoms with Gasteiger partial charge in [0.25, 0.3) is 0 Å². The molecule has 0 aliphatic heterocycles. The van der Waals surface area contributed by atoms with E-state index in [9.17, 15) is 0 Å². The Bertz CT molecular complexity index is 751. The third-order valence-electron chi connectivity index (χ3n) is 3.89. The van der Waals surface area contributed by atoms with E-state index in [4.69, 9.17) is 0 Å². The minimum atomic E-state index is 0.862. The van der Waals surface area contributed by atoms with Gasteiger partial charge in [0.15, 0.2) is 0 Å². The summed E-state index contributed by atoms with van der Waals surface area (Å²) < 4.78 is 4.38. The summed E-state index contributed by atoms with van der Waals surface area (Å²) in [4.78, 5) is 0. The highest BCUT2D eigenvalue weighted by Crippen LogP contribution is 2.21. The molecule has 0 bridgehead atoms. The molecule has 1 aromatic carbocycles. The first-order valence-electron chi connectivity index (χ1n) is 7.47. The van der Waals surface area contributed by atoms with Crippen molar-refractivity contribution in [3.8, 4) is 0 Å². The van der Waals surface area contributed by atoms with Crippen molar-refractivity contribution in [3.05, 3.63) is 53.5 Å². The van der Waals surface area contributed by atoms with Gasteiger partial charge in [-0.05, 0) is 44.7 Å². The van der Waals surface area contributed by atoms with Gasteiger partial charge in [0, 0.05) is 30.2 Å². The van der Waals surface area contributed by atoms with Crippen LogP contribution in [-0.2, 0) is 19.6 Å². The number of hydrogen-bond acceptors (Lipinski definition) is 2. The van der Waals surface area contributed by atoms with Crippen LogP contribution in [0.3, 0.4) is 0 Å². The van der Waals surface area contributed by atoms with Crippen molar-refractivity contribution in [1.82, 2.24) is 19.7 Å². The van der Waals surface area contributed by atoms with Crippen molar-refractivity contribution in [2.45, 2.75) is 33.5 Å². The fourth-order valence-electron chi connectivity index (χ4n) is 2.94. The molecular formula is C17H22N4. The van der Waals surface area contributed by atoms with Crippen LogP contribution in [0.4, 0.5) is 0 Å². The van der Waals surface area contributed by atoms with Crippen LogP contribution in [0, 0.1) is 6.92 Å². The van der Waals surface area contributed by atoms with Crippen LogP contribution in [0.2, 0.25) is 0 Å². The molecule has 0 saturated carbocycles. The van der Waals surface area contributed by atoms with Crippen molar-refractivity contribution in [2.75, 3.05) is 7.05 Å². The molecule has 0 atom stereocenters. The largest absolute Gasteiger partial charge is 0.341 e. The van der Waals surface area contributed by atoms with Crippen LogP contribution >= 0.6 is 0 Å². The fraction of sp³-hybridized carbons (Fsp3) is 0.353. The quantitative estimate of drug-likeness (QED) is 0.781. The predicted octanol–water partition coefficient (Wildman–Crippen LogP) is 2.93. The number of nitrogens with one attached hydrogen (secondary N) is 1. The molecule has 1 N–H and O–H groups in total. The molecule has 0 fully saturated rings. The zero-order chi connectivity index (χ0) is 14.8. The molecule has 110 valence electrons. The van der Waals surface area contributed by atoms with Crippen LogP contribution in [0.1, 0.15) is 23.9 Å². The SMILES string of the molecule is CCn1nc(C)cc1Cn1ccc2c(CNC)cccc21. The molecule has 3 rings (SSSR count). The molecule has 0 spiro atoms. The van der Waals surface area contributed by atoms with Gasteiger partial charge in [-0.2, -0.15) is 5.10 Å². The van der Waals surface area contributed by atoms with Crippen LogP contribution in [0.5, 0.6) is 0 Å². The molecule has 21 heavy (non-hydrogen) atoms. The van der Waals surface area contributed by atoms with E-state index >= 15 is 0 Å². The lowest BCUT2D eigenvalue weighted by Gasteiger charge is -2.08. The molecule has 2 aromatic heterocycles. The highest BCUT2D eigenvalue weighted by Gasteiger charge is 2.09. The first kappa shape index (κ1) is 13.9. The van der Waals surface area contributed by atoms with E-state index < -0.39 is 0 Å². The second kappa shape index (κ2) is 5.74. The molecule has 0 aliphatic rings. The molecule has 0 radical (unpaired) electrons. The Hall–Kier alpha value is -2.07. The second-order valence-corrected chi connectivity index (χ2v) is 5.42. The third-order valence-corrected chi connectivity index (χ3v) is 3.89. The maximum absolute atomic E-state index is 4.53. The van der Waals surface area contributed by atoms with E-state index in [0.29, 0.717) is 0 Å². The van der Waals surface area contributed by atoms with Gasteiger partial charge in [-0.1, -0.05) is 12.1 Å². The third kappa shape index (κ3) is 2.59. The monoisotopic (exact) mass is 282 g/mol. The van der Waals surface area contributed by atoms with Gasteiger partial charge in [0.05, 0.1) is 17.9 Å². The normalized spacial score (nSPS) is 11.4. The van der Waals surface area contributed by atoms with E-state index in [0.717, 1.165) is 25.3 Å². The van der Waals surface area contributed by atoms with Crippen molar-refractivity contribution in [1.29, 1.82) is 0 Å². The molecular weight excluding hydrogens is 260 g/mol. The van der Waals surface area contributed by atoms with Crippen LogP contribution in [0.25, 0.3) is 10.9 Å². The van der Waals surface area contributed by atoms with Crippen LogP contribution in [-0.4, -0.2) is 21.4 Å². The summed E-state index contributed by atoms with van der Waals surface area (Å²) >= 11 is 0. The van der Waals surface area contributed by atoms with E-state index in [1.54, 1.807) is 0 Å². The predicted molar refractivity (Wildman–Crippen MR) is 86.4 cm³/mol. The molecule has 0 amide bonds. The van der Waals surface area contributed by atoms with E-state index in [2.05, 4.69) is 70.0 Å². The lowest BCUT2D eigenvalue weighted by molar-refractivity contribution is 0.602. The lowest BCUT2D eigenvalue weighted by atomic mass is 10.1. The number of benzene rings is 1. The molecule has 4 nitrogen and oxygen atoms in total. The smallest absolute Gasteiger partial charge is 0.0645 e. The number of hydrogen-bond donors (Lipinski definition) is 1. The van der Waals surface area contributed by atoms with Crippen molar-refractivity contribution in [2.24, 2.45) is 0 Å². The zero-order valence-corrected chi connectivity index (χ0v) is 12.9. The van der Waals surface area contributed by atoms with Gasteiger partial charge < -0.3 is 9.88 Å². The van der Waals surface area contributed by atoms with Crippen LogP contribution < -0.4 is 5.32 Å². The first-order valence-corrected chi connectivity index (χ1v) is 7.47.